The second-order valence-corrected chi connectivity index (χ2v) is 5.14. The predicted octanol–water partition coefficient (Wildman–Crippen LogP) is 4.33. The summed E-state index contributed by atoms with van der Waals surface area (Å²) >= 11 is 3.45. The molecule has 1 aliphatic heterocycles. The zero-order valence-corrected chi connectivity index (χ0v) is 10.7. The van der Waals surface area contributed by atoms with E-state index in [9.17, 15) is 0 Å². The minimum absolute atomic E-state index is 0.320. The summed E-state index contributed by atoms with van der Waals surface area (Å²) in [5.74, 6) is 0.775. The zero-order chi connectivity index (χ0) is 10.7. The number of ether oxygens (including phenoxy) is 1. The Bertz CT molecular complexity index is 299. The molecule has 0 N–H and O–H groups in total. The molecule has 0 aliphatic carbocycles. The summed E-state index contributed by atoms with van der Waals surface area (Å²) in [7, 11) is 0. The van der Waals surface area contributed by atoms with Crippen molar-refractivity contribution in [3.8, 4) is 0 Å². The molecule has 15 heavy (non-hydrogen) atoms. The van der Waals surface area contributed by atoms with E-state index in [-0.39, 0.29) is 0 Å². The van der Waals surface area contributed by atoms with E-state index in [1.54, 1.807) is 0 Å². The Morgan fingerprint density at radius 3 is 2.53 bits per heavy atom. The van der Waals surface area contributed by atoms with Crippen LogP contribution < -0.4 is 0 Å². The molecule has 0 aromatic heterocycles. The highest BCUT2D eigenvalue weighted by Gasteiger charge is 2.21. The fourth-order valence-electron chi connectivity index (χ4n) is 2.07. The lowest BCUT2D eigenvalue weighted by molar-refractivity contribution is -0.0180. The Morgan fingerprint density at radius 2 is 2.00 bits per heavy atom. The molecule has 2 atom stereocenters. The van der Waals surface area contributed by atoms with E-state index >= 15 is 0 Å². The summed E-state index contributed by atoms with van der Waals surface area (Å²) in [6, 6.07) is 8.48. The Balaban J connectivity index is 1.98. The fourth-order valence-corrected chi connectivity index (χ4v) is 2.33. The molecule has 0 spiro atoms. The lowest BCUT2D eigenvalue weighted by atomic mass is 9.93. The highest BCUT2D eigenvalue weighted by atomic mass is 79.9. The Morgan fingerprint density at radius 1 is 1.27 bits per heavy atom. The van der Waals surface area contributed by atoms with Gasteiger partial charge >= 0.3 is 0 Å². The van der Waals surface area contributed by atoms with Gasteiger partial charge in [0.05, 0.1) is 12.7 Å². The van der Waals surface area contributed by atoms with E-state index < -0.39 is 0 Å². The van der Waals surface area contributed by atoms with Crippen LogP contribution in [-0.4, -0.2) is 6.61 Å². The van der Waals surface area contributed by atoms with E-state index in [1.165, 1.54) is 24.8 Å². The third-order valence-electron chi connectivity index (χ3n) is 3.19. The first-order valence-electron chi connectivity index (χ1n) is 5.66. The van der Waals surface area contributed by atoms with Gasteiger partial charge in [0.15, 0.2) is 0 Å². The van der Waals surface area contributed by atoms with Crippen LogP contribution in [0.2, 0.25) is 0 Å². The van der Waals surface area contributed by atoms with Crippen LogP contribution in [0.3, 0.4) is 0 Å². The average molecular weight is 269 g/mol. The zero-order valence-electron chi connectivity index (χ0n) is 9.08. The average Bonchev–Trinajstić information content (AvgIpc) is 2.30. The van der Waals surface area contributed by atoms with Crippen LogP contribution in [0, 0.1) is 5.92 Å². The van der Waals surface area contributed by atoms with Crippen LogP contribution in [0.15, 0.2) is 28.7 Å². The molecular formula is C13H17BrO. The van der Waals surface area contributed by atoms with Gasteiger partial charge in [-0.05, 0) is 36.5 Å². The van der Waals surface area contributed by atoms with E-state index in [4.69, 9.17) is 4.74 Å². The van der Waals surface area contributed by atoms with E-state index in [0.717, 1.165) is 17.0 Å². The second-order valence-electron chi connectivity index (χ2n) is 4.23. The van der Waals surface area contributed by atoms with Crippen molar-refractivity contribution in [2.24, 2.45) is 5.92 Å². The number of hydrogen-bond donors (Lipinski definition) is 0. The lowest BCUT2D eigenvalue weighted by Crippen LogP contribution is -2.19. The summed E-state index contributed by atoms with van der Waals surface area (Å²) in [5.41, 5.74) is 1.31. The minimum atomic E-state index is 0.320. The largest absolute Gasteiger partial charge is 0.373 e. The van der Waals surface area contributed by atoms with Crippen molar-refractivity contribution in [3.05, 3.63) is 34.3 Å². The van der Waals surface area contributed by atoms with E-state index in [1.807, 2.05) is 0 Å². The molecule has 0 bridgehead atoms. The van der Waals surface area contributed by atoms with Crippen molar-refractivity contribution in [1.82, 2.24) is 0 Å². The maximum atomic E-state index is 5.89. The summed E-state index contributed by atoms with van der Waals surface area (Å²) in [6.45, 7) is 3.17. The van der Waals surface area contributed by atoms with Crippen molar-refractivity contribution in [3.63, 3.8) is 0 Å². The van der Waals surface area contributed by atoms with E-state index in [0.29, 0.717) is 6.10 Å². The van der Waals surface area contributed by atoms with E-state index in [2.05, 4.69) is 47.1 Å². The van der Waals surface area contributed by atoms with Crippen LogP contribution in [0.5, 0.6) is 0 Å². The third kappa shape index (κ3) is 2.82. The Kier molecular flexibility index (Phi) is 3.81. The van der Waals surface area contributed by atoms with Crippen molar-refractivity contribution in [2.45, 2.75) is 32.3 Å². The summed E-state index contributed by atoms with van der Waals surface area (Å²) in [4.78, 5) is 0. The summed E-state index contributed by atoms with van der Waals surface area (Å²) < 4.78 is 7.02. The summed E-state index contributed by atoms with van der Waals surface area (Å²) in [5, 5.41) is 0. The molecule has 0 radical (unpaired) electrons. The van der Waals surface area contributed by atoms with Crippen LogP contribution in [0.25, 0.3) is 0 Å². The number of rotatable bonds is 2. The first-order chi connectivity index (χ1) is 7.29. The van der Waals surface area contributed by atoms with Gasteiger partial charge in [0, 0.05) is 4.47 Å². The van der Waals surface area contributed by atoms with Gasteiger partial charge in [-0.25, -0.2) is 0 Å². The molecule has 1 aromatic rings. The smallest absolute Gasteiger partial charge is 0.0825 e. The fraction of sp³-hybridized carbons (Fsp3) is 0.538. The quantitative estimate of drug-likeness (QED) is 0.776. The number of hydrogen-bond acceptors (Lipinski definition) is 1. The second kappa shape index (κ2) is 5.13. The van der Waals surface area contributed by atoms with Crippen LogP contribution in [-0.2, 0) is 4.74 Å². The standard InChI is InChI=1S/C13H17BrO/c1-2-10-3-8-13(15-9-10)11-4-6-12(14)7-5-11/h4-7,10,13H,2-3,8-9H2,1H3/t10-,13+/m0/s1. The molecule has 2 heteroatoms. The minimum Gasteiger partial charge on any atom is -0.373 e. The van der Waals surface area contributed by atoms with Crippen LogP contribution in [0.1, 0.15) is 37.9 Å². The molecule has 0 amide bonds. The number of benzene rings is 1. The van der Waals surface area contributed by atoms with Crippen molar-refractivity contribution in [2.75, 3.05) is 6.61 Å². The van der Waals surface area contributed by atoms with Gasteiger partial charge in [-0.2, -0.15) is 0 Å². The highest BCUT2D eigenvalue weighted by molar-refractivity contribution is 9.10. The molecule has 2 rings (SSSR count). The molecule has 1 saturated heterocycles. The SMILES string of the molecule is CC[C@H]1CC[C@H](c2ccc(Br)cc2)OC1. The van der Waals surface area contributed by atoms with Gasteiger partial charge in [-0.3, -0.25) is 0 Å². The molecule has 1 nitrogen and oxygen atoms in total. The first kappa shape index (κ1) is 11.2. The Hall–Kier alpha value is -0.340. The van der Waals surface area contributed by atoms with Crippen LogP contribution >= 0.6 is 15.9 Å². The van der Waals surface area contributed by atoms with Gasteiger partial charge in [-0.1, -0.05) is 41.4 Å². The summed E-state index contributed by atoms with van der Waals surface area (Å²) in [6.07, 6.45) is 4.03. The molecule has 1 aromatic carbocycles. The maximum Gasteiger partial charge on any atom is 0.0825 e. The van der Waals surface area contributed by atoms with Gasteiger partial charge < -0.3 is 4.74 Å². The van der Waals surface area contributed by atoms with Gasteiger partial charge in [0.25, 0.3) is 0 Å². The molecule has 0 unspecified atom stereocenters. The molecule has 82 valence electrons. The van der Waals surface area contributed by atoms with Gasteiger partial charge in [0.2, 0.25) is 0 Å². The molecule has 1 fully saturated rings. The van der Waals surface area contributed by atoms with Crippen molar-refractivity contribution < 1.29 is 4.74 Å². The topological polar surface area (TPSA) is 9.23 Å². The van der Waals surface area contributed by atoms with Gasteiger partial charge in [-0.15, -0.1) is 0 Å². The predicted molar refractivity (Wildman–Crippen MR) is 65.9 cm³/mol. The monoisotopic (exact) mass is 268 g/mol. The molecule has 1 heterocycles. The maximum absolute atomic E-state index is 5.89. The van der Waals surface area contributed by atoms with Crippen molar-refractivity contribution >= 4 is 15.9 Å². The molecule has 1 aliphatic rings. The van der Waals surface area contributed by atoms with Crippen molar-refractivity contribution in [1.29, 1.82) is 0 Å². The number of halogens is 1. The molecular weight excluding hydrogens is 252 g/mol. The molecule has 0 saturated carbocycles. The third-order valence-corrected chi connectivity index (χ3v) is 3.72. The Labute approximate surface area is 100.0 Å². The first-order valence-corrected chi connectivity index (χ1v) is 6.46. The van der Waals surface area contributed by atoms with Crippen LogP contribution in [0.4, 0.5) is 0 Å². The highest BCUT2D eigenvalue weighted by Crippen LogP contribution is 2.32. The van der Waals surface area contributed by atoms with Gasteiger partial charge in [0.1, 0.15) is 0 Å². The normalized spacial score (nSPS) is 26.5. The lowest BCUT2D eigenvalue weighted by Gasteiger charge is -2.28.